The monoisotopic (exact) mass is 641 g/mol. The maximum atomic E-state index is 13.5. The van der Waals surface area contributed by atoms with E-state index in [1.807, 2.05) is 58.0 Å². The molecule has 0 aliphatic rings. The molecule has 1 heterocycles. The molecule has 2 rings (SSSR count). The summed E-state index contributed by atoms with van der Waals surface area (Å²) in [6.07, 6.45) is 11.4. The normalized spacial score (nSPS) is 11.4. The van der Waals surface area contributed by atoms with Gasteiger partial charge < -0.3 is 25.7 Å². The lowest BCUT2D eigenvalue weighted by Gasteiger charge is -2.27. The molecule has 0 aliphatic heterocycles. The van der Waals surface area contributed by atoms with Crippen LogP contribution in [-0.4, -0.2) is 59.4 Å². The largest absolute Gasteiger partial charge is 0.622 e. The Morgan fingerprint density at radius 3 is 1.98 bits per heavy atom. The number of aromatic nitrogens is 2. The summed E-state index contributed by atoms with van der Waals surface area (Å²) in [6, 6.07) is 8.22. The summed E-state index contributed by atoms with van der Waals surface area (Å²) in [6.45, 7) is 14.2. The molecule has 0 radical (unpaired) electrons. The first-order chi connectivity index (χ1) is 22.1. The lowest BCUT2D eigenvalue weighted by molar-refractivity contribution is -0.141. The zero-order chi connectivity index (χ0) is 34.7. The van der Waals surface area contributed by atoms with Gasteiger partial charge in [0, 0.05) is 31.7 Å². The molecule has 0 saturated carbocycles. The van der Waals surface area contributed by atoms with Crippen molar-refractivity contribution in [3.8, 4) is 0 Å². The Hall–Kier alpha value is -3.80. The molecule has 4 N–H and O–H groups in total. The van der Waals surface area contributed by atoms with Crippen LogP contribution in [0.1, 0.15) is 116 Å². The van der Waals surface area contributed by atoms with Gasteiger partial charge in [0.05, 0.1) is 12.1 Å². The van der Waals surface area contributed by atoms with Crippen molar-refractivity contribution in [2.45, 2.75) is 118 Å². The van der Waals surface area contributed by atoms with E-state index in [0.29, 0.717) is 6.42 Å². The summed E-state index contributed by atoms with van der Waals surface area (Å²) in [5, 5.41) is 5.55. The van der Waals surface area contributed by atoms with Gasteiger partial charge in [-0.05, 0) is 30.9 Å². The van der Waals surface area contributed by atoms with Crippen molar-refractivity contribution in [1.29, 1.82) is 0 Å². The van der Waals surface area contributed by atoms with Gasteiger partial charge in [-0.25, -0.2) is 4.98 Å². The van der Waals surface area contributed by atoms with Crippen LogP contribution in [0.5, 0.6) is 0 Å². The predicted molar refractivity (Wildman–Crippen MR) is 182 cm³/mol. The van der Waals surface area contributed by atoms with Crippen LogP contribution in [0.2, 0.25) is 0 Å². The molecule has 1 aromatic carbocycles. The van der Waals surface area contributed by atoms with Crippen molar-refractivity contribution in [1.82, 2.24) is 20.6 Å². The van der Waals surface area contributed by atoms with Gasteiger partial charge in [-0.1, -0.05) is 104 Å². The number of benzene rings is 1. The van der Waals surface area contributed by atoms with E-state index in [2.05, 4.69) is 27.5 Å². The highest BCUT2D eigenvalue weighted by molar-refractivity contribution is 6.51. The van der Waals surface area contributed by atoms with Crippen molar-refractivity contribution in [2.75, 3.05) is 6.54 Å². The molecule has 0 fully saturated rings. The van der Waals surface area contributed by atoms with Crippen molar-refractivity contribution in [3.05, 3.63) is 60.2 Å². The molecule has 11 nitrogen and oxygen atoms in total. The van der Waals surface area contributed by atoms with Crippen molar-refractivity contribution < 1.29 is 28.5 Å². The third kappa shape index (κ3) is 18.9. The van der Waals surface area contributed by atoms with E-state index in [4.69, 9.17) is 15.0 Å². The van der Waals surface area contributed by atoms with Crippen LogP contribution in [0.15, 0.2) is 48.9 Å². The van der Waals surface area contributed by atoms with Crippen LogP contribution in [0.4, 0.5) is 0 Å². The summed E-state index contributed by atoms with van der Waals surface area (Å²) >= 11 is 0. The zero-order valence-corrected chi connectivity index (χ0v) is 28.9. The van der Waals surface area contributed by atoms with Crippen molar-refractivity contribution in [3.63, 3.8) is 0 Å². The molecule has 2 aromatic rings. The average Bonchev–Trinajstić information content (AvgIpc) is 3.07. The number of amides is 2. The third-order valence-corrected chi connectivity index (χ3v) is 6.46. The Balaban J connectivity index is 0.00000176. The van der Waals surface area contributed by atoms with E-state index in [9.17, 15) is 19.2 Å². The molecule has 2 amide bonds. The summed E-state index contributed by atoms with van der Waals surface area (Å²) in [4.78, 5) is 58.2. The third-order valence-electron chi connectivity index (χ3n) is 6.46. The fourth-order valence-electron chi connectivity index (χ4n) is 4.10. The zero-order valence-electron chi connectivity index (χ0n) is 28.9. The quantitative estimate of drug-likeness (QED) is 0.146. The first kappa shape index (κ1) is 42.2. The van der Waals surface area contributed by atoms with Crippen molar-refractivity contribution >= 4 is 30.9 Å². The Labute approximate surface area is 276 Å². The number of hydrogen-bond acceptors (Lipinski definition) is 9. The van der Waals surface area contributed by atoms with Gasteiger partial charge >= 0.3 is 7.12 Å². The van der Waals surface area contributed by atoms with Gasteiger partial charge in [-0.3, -0.25) is 24.2 Å². The number of nitrogens with one attached hydrogen (secondary N) is 2. The van der Waals surface area contributed by atoms with E-state index < -0.39 is 42.9 Å². The lowest BCUT2D eigenvalue weighted by atomic mass is 9.73. The number of nitrogens with zero attached hydrogens (tertiary/aromatic N) is 2. The van der Waals surface area contributed by atoms with Crippen LogP contribution in [0.25, 0.3) is 0 Å². The molecule has 0 bridgehead atoms. The van der Waals surface area contributed by atoms with Crippen LogP contribution in [0.3, 0.4) is 0 Å². The number of carbonyl (C=O) groups excluding carboxylic acids is 4. The molecule has 0 spiro atoms. The maximum Gasteiger partial charge on any atom is 0.622 e. The van der Waals surface area contributed by atoms with Gasteiger partial charge in [0.25, 0.3) is 17.8 Å². The van der Waals surface area contributed by atoms with Crippen LogP contribution in [-0.2, 0) is 30.1 Å². The van der Waals surface area contributed by atoms with E-state index in [0.717, 1.165) is 12.1 Å². The predicted octanol–water partition coefficient (Wildman–Crippen LogP) is 5.22. The first-order valence-corrected chi connectivity index (χ1v) is 16.6. The number of rotatable bonds is 18. The highest BCUT2D eigenvalue weighted by Gasteiger charge is 2.40. The number of carbonyl (C=O) groups is 4. The molecule has 12 heteroatoms. The molecule has 0 saturated heterocycles. The molecule has 2 atom stereocenters. The fraction of sp³-hybridized carbons (Fsp3) is 0.588. The SMILES string of the molecule is CC.CCC(=O)OB(OC(=O)CC)[C@H](CC(C)C)NC(=O)[C@H](Cc1ccccc1)NC(=O)c1cnccn1.CCCCCCCN. The van der Waals surface area contributed by atoms with E-state index in [-0.39, 0.29) is 30.9 Å². The molecular weight excluding hydrogens is 585 g/mol. The standard InChI is InChI=1S/C25H33BN4O6.C7H17N.C2H6/c1-5-22(31)35-26(36-23(32)6-2)21(14-17(3)4)30-24(33)19(15-18-10-8-7-9-11-18)29-25(34)20-16-27-12-13-28-20;1-2-3-4-5-6-7-8;1-2/h7-13,16-17,19,21H,5-6,14-15H2,1-4H3,(H,29,34)(H,30,33);2-8H2,1H3;1-2H3/t19-,21-;;/m0../s1. The van der Waals surface area contributed by atoms with Crippen LogP contribution in [0, 0.1) is 5.92 Å². The van der Waals surface area contributed by atoms with Gasteiger partial charge in [-0.15, -0.1) is 0 Å². The molecule has 256 valence electrons. The van der Waals surface area contributed by atoms with E-state index >= 15 is 0 Å². The summed E-state index contributed by atoms with van der Waals surface area (Å²) in [5.41, 5.74) is 6.20. The Morgan fingerprint density at radius 1 is 0.870 bits per heavy atom. The second-order valence-corrected chi connectivity index (χ2v) is 10.8. The van der Waals surface area contributed by atoms with Gasteiger partial charge in [0.2, 0.25) is 5.91 Å². The number of unbranched alkanes of at least 4 members (excludes halogenated alkanes) is 4. The Bertz CT molecular complexity index is 1080. The van der Waals surface area contributed by atoms with Gasteiger partial charge in [0.15, 0.2) is 0 Å². The smallest absolute Gasteiger partial charge is 0.498 e. The maximum absolute atomic E-state index is 13.5. The number of nitrogens with two attached hydrogens (primary N) is 1. The molecule has 1 aromatic heterocycles. The minimum absolute atomic E-state index is 0.0636. The summed E-state index contributed by atoms with van der Waals surface area (Å²) in [7, 11) is -1.30. The molecule has 0 aliphatic carbocycles. The lowest BCUT2D eigenvalue weighted by Crippen LogP contribution is -2.57. The average molecular weight is 642 g/mol. The minimum atomic E-state index is -1.30. The molecule has 0 unspecified atom stereocenters. The van der Waals surface area contributed by atoms with Gasteiger partial charge in [-0.2, -0.15) is 0 Å². The summed E-state index contributed by atoms with van der Waals surface area (Å²) < 4.78 is 10.8. The second kappa shape index (κ2) is 26.4. The van der Waals surface area contributed by atoms with Gasteiger partial charge in [0.1, 0.15) is 11.7 Å². The van der Waals surface area contributed by atoms with Crippen molar-refractivity contribution in [2.24, 2.45) is 11.7 Å². The highest BCUT2D eigenvalue weighted by atomic mass is 16.6. The summed E-state index contributed by atoms with van der Waals surface area (Å²) in [5.74, 6) is -2.97. The highest BCUT2D eigenvalue weighted by Crippen LogP contribution is 2.13. The Morgan fingerprint density at radius 2 is 1.48 bits per heavy atom. The molecular formula is C34H56BN5O6. The van der Waals surface area contributed by atoms with Crippen LogP contribution >= 0.6 is 0 Å². The van der Waals surface area contributed by atoms with E-state index in [1.165, 1.54) is 50.7 Å². The number of hydrogen-bond donors (Lipinski definition) is 3. The minimum Gasteiger partial charge on any atom is -0.498 e. The fourth-order valence-corrected chi connectivity index (χ4v) is 4.10. The Kier molecular flexibility index (Phi) is 24.2. The molecule has 46 heavy (non-hydrogen) atoms. The van der Waals surface area contributed by atoms with E-state index in [1.54, 1.807) is 13.8 Å². The van der Waals surface area contributed by atoms with Crippen LogP contribution < -0.4 is 16.4 Å². The topological polar surface area (TPSA) is 163 Å². The second-order valence-electron chi connectivity index (χ2n) is 10.8. The first-order valence-electron chi connectivity index (χ1n) is 16.6.